The molecule has 2 aromatic rings. The third kappa shape index (κ3) is 2.27. The number of rotatable bonds is 3. The lowest BCUT2D eigenvalue weighted by molar-refractivity contribution is 0.270. The normalized spacial score (nSPS) is 15.5. The Morgan fingerprint density at radius 1 is 1.26 bits per heavy atom. The van der Waals surface area contributed by atoms with Gasteiger partial charge in [-0.15, -0.1) is 0 Å². The van der Waals surface area contributed by atoms with Crippen LogP contribution in [0.1, 0.15) is 11.4 Å². The molecule has 1 aliphatic heterocycles. The Morgan fingerprint density at radius 3 is 2.79 bits per heavy atom. The number of aromatic nitrogens is 3. The quantitative estimate of drug-likeness (QED) is 0.887. The number of hydrogen-bond donors (Lipinski definition) is 1. The van der Waals surface area contributed by atoms with Crippen LogP contribution in [0.3, 0.4) is 0 Å². The van der Waals surface area contributed by atoms with Crippen molar-refractivity contribution in [2.24, 2.45) is 5.73 Å². The van der Waals surface area contributed by atoms with E-state index in [2.05, 4.69) is 21.5 Å². The first-order chi connectivity index (χ1) is 9.29. The SMILES string of the molecule is CN1CCn2c(-c3ccncc3)nc(CCN)c2C1. The van der Waals surface area contributed by atoms with Crippen molar-refractivity contribution >= 4 is 0 Å². The molecule has 0 aromatic carbocycles. The van der Waals surface area contributed by atoms with Gasteiger partial charge in [-0.05, 0) is 25.7 Å². The summed E-state index contributed by atoms with van der Waals surface area (Å²) in [7, 11) is 2.15. The average Bonchev–Trinajstić information content (AvgIpc) is 2.79. The maximum absolute atomic E-state index is 5.70. The van der Waals surface area contributed by atoms with Gasteiger partial charge in [0.05, 0.1) is 11.4 Å². The third-order valence-electron chi connectivity index (χ3n) is 3.60. The number of likely N-dealkylation sites (N-methyl/N-ethyl adjacent to an activating group) is 1. The number of nitrogens with two attached hydrogens (primary N) is 1. The van der Waals surface area contributed by atoms with Gasteiger partial charge in [-0.3, -0.25) is 9.88 Å². The number of nitrogens with zero attached hydrogens (tertiary/aromatic N) is 4. The number of fused-ring (bicyclic) bond motifs is 1. The molecule has 2 N–H and O–H groups in total. The number of pyridine rings is 1. The summed E-state index contributed by atoms with van der Waals surface area (Å²) in [5, 5.41) is 0. The largest absolute Gasteiger partial charge is 0.330 e. The topological polar surface area (TPSA) is 60.0 Å². The van der Waals surface area contributed by atoms with Crippen molar-refractivity contribution < 1.29 is 0 Å². The molecule has 2 aromatic heterocycles. The summed E-state index contributed by atoms with van der Waals surface area (Å²) in [4.78, 5) is 11.2. The van der Waals surface area contributed by atoms with Gasteiger partial charge in [-0.2, -0.15) is 0 Å². The first kappa shape index (κ1) is 12.3. The van der Waals surface area contributed by atoms with Crippen molar-refractivity contribution in [3.63, 3.8) is 0 Å². The number of hydrogen-bond acceptors (Lipinski definition) is 4. The summed E-state index contributed by atoms with van der Waals surface area (Å²) < 4.78 is 2.33. The van der Waals surface area contributed by atoms with Gasteiger partial charge in [-0.1, -0.05) is 0 Å². The molecule has 0 amide bonds. The highest BCUT2D eigenvalue weighted by atomic mass is 15.2. The fourth-order valence-electron chi connectivity index (χ4n) is 2.62. The van der Waals surface area contributed by atoms with Crippen molar-refractivity contribution in [2.45, 2.75) is 19.5 Å². The van der Waals surface area contributed by atoms with Crippen molar-refractivity contribution in [1.82, 2.24) is 19.4 Å². The van der Waals surface area contributed by atoms with Gasteiger partial charge in [-0.25, -0.2) is 4.98 Å². The molecule has 0 fully saturated rings. The molecule has 100 valence electrons. The van der Waals surface area contributed by atoms with Crippen LogP contribution in [0.2, 0.25) is 0 Å². The summed E-state index contributed by atoms with van der Waals surface area (Å²) in [5.41, 5.74) is 9.28. The van der Waals surface area contributed by atoms with E-state index in [0.717, 1.165) is 43.1 Å². The second-order valence-electron chi connectivity index (χ2n) is 4.99. The minimum absolute atomic E-state index is 0.642. The summed E-state index contributed by atoms with van der Waals surface area (Å²) in [6, 6.07) is 4.03. The van der Waals surface area contributed by atoms with E-state index < -0.39 is 0 Å². The Hall–Kier alpha value is -1.72. The second kappa shape index (κ2) is 5.11. The van der Waals surface area contributed by atoms with Crippen LogP contribution in [0.25, 0.3) is 11.4 Å². The number of imidazole rings is 1. The highest BCUT2D eigenvalue weighted by molar-refractivity contribution is 5.56. The van der Waals surface area contributed by atoms with Gasteiger partial charge in [0, 0.05) is 44.0 Å². The van der Waals surface area contributed by atoms with Gasteiger partial charge in [0.15, 0.2) is 0 Å². The van der Waals surface area contributed by atoms with Crippen LogP contribution in [-0.4, -0.2) is 39.6 Å². The summed E-state index contributed by atoms with van der Waals surface area (Å²) in [6.07, 6.45) is 4.47. The lowest BCUT2D eigenvalue weighted by Crippen LogP contribution is -2.31. The van der Waals surface area contributed by atoms with Gasteiger partial charge < -0.3 is 10.3 Å². The molecule has 0 bridgehead atoms. The van der Waals surface area contributed by atoms with E-state index in [0.29, 0.717) is 6.54 Å². The van der Waals surface area contributed by atoms with Crippen molar-refractivity contribution in [3.05, 3.63) is 35.9 Å². The second-order valence-corrected chi connectivity index (χ2v) is 4.99. The minimum Gasteiger partial charge on any atom is -0.330 e. The molecule has 1 aliphatic rings. The molecule has 19 heavy (non-hydrogen) atoms. The van der Waals surface area contributed by atoms with Crippen LogP contribution in [0.15, 0.2) is 24.5 Å². The molecule has 0 saturated heterocycles. The van der Waals surface area contributed by atoms with Crippen LogP contribution in [0.4, 0.5) is 0 Å². The highest BCUT2D eigenvalue weighted by Crippen LogP contribution is 2.25. The van der Waals surface area contributed by atoms with Crippen LogP contribution in [-0.2, 0) is 19.5 Å². The van der Waals surface area contributed by atoms with Crippen molar-refractivity contribution in [3.8, 4) is 11.4 Å². The lowest BCUT2D eigenvalue weighted by atomic mass is 10.2. The lowest BCUT2D eigenvalue weighted by Gasteiger charge is -2.25. The Morgan fingerprint density at radius 2 is 2.05 bits per heavy atom. The molecule has 5 nitrogen and oxygen atoms in total. The van der Waals surface area contributed by atoms with Gasteiger partial charge >= 0.3 is 0 Å². The third-order valence-corrected chi connectivity index (χ3v) is 3.60. The fraction of sp³-hybridized carbons (Fsp3) is 0.429. The molecule has 0 radical (unpaired) electrons. The fourth-order valence-corrected chi connectivity index (χ4v) is 2.62. The van der Waals surface area contributed by atoms with Gasteiger partial charge in [0.25, 0.3) is 0 Å². The van der Waals surface area contributed by atoms with E-state index in [1.807, 2.05) is 24.5 Å². The molecule has 0 saturated carbocycles. The van der Waals surface area contributed by atoms with E-state index in [-0.39, 0.29) is 0 Å². The molecular weight excluding hydrogens is 238 g/mol. The Kier molecular flexibility index (Phi) is 3.31. The predicted octanol–water partition coefficient (Wildman–Crippen LogP) is 0.892. The molecule has 0 unspecified atom stereocenters. The van der Waals surface area contributed by atoms with E-state index in [1.165, 1.54) is 5.69 Å². The maximum atomic E-state index is 5.70. The van der Waals surface area contributed by atoms with E-state index in [1.54, 1.807) is 0 Å². The first-order valence-corrected chi connectivity index (χ1v) is 6.67. The maximum Gasteiger partial charge on any atom is 0.140 e. The highest BCUT2D eigenvalue weighted by Gasteiger charge is 2.22. The molecular formula is C14H19N5. The molecule has 3 rings (SSSR count). The summed E-state index contributed by atoms with van der Waals surface area (Å²) in [5.74, 6) is 1.05. The summed E-state index contributed by atoms with van der Waals surface area (Å²) in [6.45, 7) is 3.64. The molecule has 0 aliphatic carbocycles. The van der Waals surface area contributed by atoms with Crippen LogP contribution < -0.4 is 5.73 Å². The Bertz CT molecular complexity index is 561. The molecule has 5 heteroatoms. The average molecular weight is 257 g/mol. The zero-order valence-corrected chi connectivity index (χ0v) is 11.2. The Labute approximate surface area is 113 Å². The van der Waals surface area contributed by atoms with Gasteiger partial charge in [0.2, 0.25) is 0 Å². The Balaban J connectivity index is 2.08. The molecule has 0 atom stereocenters. The van der Waals surface area contributed by atoms with Crippen molar-refractivity contribution in [1.29, 1.82) is 0 Å². The first-order valence-electron chi connectivity index (χ1n) is 6.67. The predicted molar refractivity (Wildman–Crippen MR) is 74.6 cm³/mol. The zero-order chi connectivity index (χ0) is 13.2. The smallest absolute Gasteiger partial charge is 0.140 e. The molecule has 0 spiro atoms. The van der Waals surface area contributed by atoms with Gasteiger partial charge in [0.1, 0.15) is 5.82 Å². The summed E-state index contributed by atoms with van der Waals surface area (Å²) >= 11 is 0. The minimum atomic E-state index is 0.642. The van der Waals surface area contributed by atoms with Crippen LogP contribution in [0, 0.1) is 0 Å². The van der Waals surface area contributed by atoms with Crippen LogP contribution >= 0.6 is 0 Å². The standard InChI is InChI=1S/C14H19N5/c1-18-8-9-19-13(10-18)12(2-5-15)17-14(19)11-3-6-16-7-4-11/h3-4,6-7H,2,5,8-10,15H2,1H3. The van der Waals surface area contributed by atoms with E-state index >= 15 is 0 Å². The zero-order valence-electron chi connectivity index (χ0n) is 11.2. The van der Waals surface area contributed by atoms with E-state index in [4.69, 9.17) is 10.7 Å². The van der Waals surface area contributed by atoms with Crippen molar-refractivity contribution in [2.75, 3.05) is 20.1 Å². The monoisotopic (exact) mass is 257 g/mol. The van der Waals surface area contributed by atoms with E-state index in [9.17, 15) is 0 Å². The molecule has 3 heterocycles. The van der Waals surface area contributed by atoms with Crippen LogP contribution in [0.5, 0.6) is 0 Å².